The minimum absolute atomic E-state index is 0.0791. The predicted octanol–water partition coefficient (Wildman–Crippen LogP) is 2.93. The number of carbonyl (C=O) groups is 5. The molecule has 3 amide bonds. The quantitative estimate of drug-likeness (QED) is 0.0564. The molecule has 0 aliphatic rings. The summed E-state index contributed by atoms with van der Waals surface area (Å²) in [6.45, 7) is 5.73. The number of aromatic nitrogens is 1. The van der Waals surface area contributed by atoms with Gasteiger partial charge >= 0.3 is 0 Å². The van der Waals surface area contributed by atoms with Gasteiger partial charge in [-0.15, -0.1) is 0 Å². The lowest BCUT2D eigenvalue weighted by atomic mass is 9.88. The summed E-state index contributed by atoms with van der Waals surface area (Å²) in [5.41, 5.74) is 19.5. The molecule has 12 heteroatoms. The Kier molecular flexibility index (Phi) is 15.0. The Morgan fingerprint density at radius 2 is 1.53 bits per heavy atom. The van der Waals surface area contributed by atoms with Crippen LogP contribution >= 0.6 is 0 Å². The normalized spacial score (nSPS) is 13.6. The molecular formula is C37H51N7O5. The highest BCUT2D eigenvalue weighted by atomic mass is 16.2. The van der Waals surface area contributed by atoms with Crippen LogP contribution in [-0.2, 0) is 36.8 Å². The number of H-pyrrole nitrogens is 1. The number of carbonyl (C=O) groups excluding carboxylic acids is 5. The zero-order chi connectivity index (χ0) is 35.9. The number of ketones is 2. The molecule has 0 aliphatic heterocycles. The maximum atomic E-state index is 13.7. The predicted molar refractivity (Wildman–Crippen MR) is 191 cm³/mol. The number of hydrogen-bond donors (Lipinski definition) is 6. The molecule has 0 unspecified atom stereocenters. The second-order valence-corrected chi connectivity index (χ2v) is 13.2. The van der Waals surface area contributed by atoms with Crippen molar-refractivity contribution in [3.05, 3.63) is 71.9 Å². The first-order chi connectivity index (χ1) is 23.3. The molecule has 9 N–H and O–H groups in total. The van der Waals surface area contributed by atoms with E-state index in [4.69, 9.17) is 17.2 Å². The van der Waals surface area contributed by atoms with E-state index in [0.29, 0.717) is 19.3 Å². The number of fused-ring (bicyclic) bond motifs is 1. The third kappa shape index (κ3) is 12.9. The van der Waals surface area contributed by atoms with E-state index in [-0.39, 0.29) is 74.0 Å². The second kappa shape index (κ2) is 19.1. The average Bonchev–Trinajstić information content (AvgIpc) is 3.46. The molecule has 3 aromatic rings. The van der Waals surface area contributed by atoms with Crippen LogP contribution in [0.3, 0.4) is 0 Å². The summed E-state index contributed by atoms with van der Waals surface area (Å²) in [4.78, 5) is 72.8. The molecule has 4 atom stereocenters. The lowest BCUT2D eigenvalue weighted by Crippen LogP contribution is -2.46. The molecule has 49 heavy (non-hydrogen) atoms. The smallest absolute Gasteiger partial charge is 0.224 e. The third-order valence-electron chi connectivity index (χ3n) is 8.53. The largest absolute Gasteiger partial charge is 0.370 e. The van der Waals surface area contributed by atoms with Crippen molar-refractivity contribution < 1.29 is 24.0 Å². The molecule has 0 aliphatic carbocycles. The maximum Gasteiger partial charge on any atom is 0.224 e. The van der Waals surface area contributed by atoms with Crippen molar-refractivity contribution in [1.29, 1.82) is 0 Å². The lowest BCUT2D eigenvalue weighted by Gasteiger charge is -2.24. The van der Waals surface area contributed by atoms with Crippen LogP contribution in [-0.4, -0.2) is 59.4 Å². The Hall–Kier alpha value is -5.00. The number of hydrogen-bond acceptors (Lipinski definition) is 6. The topological polar surface area (TPSA) is 216 Å². The first-order valence-electron chi connectivity index (χ1n) is 16.9. The molecule has 0 radical (unpaired) electrons. The monoisotopic (exact) mass is 673 g/mol. The summed E-state index contributed by atoms with van der Waals surface area (Å²) < 4.78 is 0. The standard InChI is InChI=1S/C37H51N7O5/c1-23(2)16-27(19-29(45)22-43-35(48)24(3)17-25-10-5-4-6-11-25)36(49)44-32(14-9-15-41-37(39)40)33(46)20-26(34(38)47)18-28-21-42-31-13-8-7-12-30(28)31/h4-8,10-13,21,23-24,26-27,32,42H,9,14-20,22H2,1-3H3,(H2,38,47)(H,43,48)(H,44,49)(H4,39,40,41)/t24-,26+,27+,32-/m0/s1. The summed E-state index contributed by atoms with van der Waals surface area (Å²) in [6, 6.07) is 16.3. The van der Waals surface area contributed by atoms with E-state index in [1.165, 1.54) is 0 Å². The van der Waals surface area contributed by atoms with Gasteiger partial charge < -0.3 is 32.8 Å². The van der Waals surface area contributed by atoms with Gasteiger partial charge in [-0.3, -0.25) is 29.0 Å². The van der Waals surface area contributed by atoms with Crippen molar-refractivity contribution in [1.82, 2.24) is 15.6 Å². The van der Waals surface area contributed by atoms with Crippen molar-refractivity contribution in [3.8, 4) is 0 Å². The molecule has 1 heterocycles. The Balaban J connectivity index is 1.67. The number of guanidine groups is 1. The SMILES string of the molecule is CC(C)C[C@H](CC(=O)CNC(=O)[C@@H](C)Cc1ccccc1)C(=O)N[C@@H](CCCN=C(N)N)C(=O)C[C@@H](Cc1c[nH]c2ccccc12)C(N)=O. The minimum atomic E-state index is -0.949. The highest BCUT2D eigenvalue weighted by Crippen LogP contribution is 2.23. The van der Waals surface area contributed by atoms with Crippen LogP contribution in [0, 0.1) is 23.7 Å². The fraction of sp³-hybridized carbons (Fsp3) is 0.459. The molecule has 3 rings (SSSR count). The summed E-state index contributed by atoms with van der Waals surface area (Å²) in [6.07, 6.45) is 3.32. The lowest BCUT2D eigenvalue weighted by molar-refractivity contribution is -0.134. The Morgan fingerprint density at radius 1 is 0.837 bits per heavy atom. The summed E-state index contributed by atoms with van der Waals surface area (Å²) in [5.74, 6) is -3.82. The number of nitrogens with two attached hydrogens (primary N) is 3. The summed E-state index contributed by atoms with van der Waals surface area (Å²) in [5, 5.41) is 6.51. The van der Waals surface area contributed by atoms with Gasteiger partial charge in [0.1, 0.15) is 0 Å². The molecule has 12 nitrogen and oxygen atoms in total. The molecule has 264 valence electrons. The number of Topliss-reactive ketones (excluding diaryl/α,β-unsaturated/α-hetero) is 2. The number of amides is 3. The molecule has 0 fully saturated rings. The number of para-hydroxylation sites is 1. The van der Waals surface area contributed by atoms with Gasteiger partial charge in [0.25, 0.3) is 0 Å². The van der Waals surface area contributed by atoms with Gasteiger partial charge in [0.05, 0.1) is 12.6 Å². The first kappa shape index (κ1) is 38.4. The molecule has 1 aromatic heterocycles. The average molecular weight is 674 g/mol. The van der Waals surface area contributed by atoms with Crippen molar-refractivity contribution in [2.75, 3.05) is 13.1 Å². The molecule has 2 aromatic carbocycles. The zero-order valence-electron chi connectivity index (χ0n) is 28.7. The fourth-order valence-electron chi connectivity index (χ4n) is 5.95. The van der Waals surface area contributed by atoms with Crippen LogP contribution in [0.5, 0.6) is 0 Å². The number of aromatic amines is 1. The van der Waals surface area contributed by atoms with Gasteiger partial charge in [-0.2, -0.15) is 0 Å². The van der Waals surface area contributed by atoms with Crippen molar-refractivity contribution in [3.63, 3.8) is 0 Å². The Bertz CT molecular complexity index is 1600. The third-order valence-corrected chi connectivity index (χ3v) is 8.53. The zero-order valence-corrected chi connectivity index (χ0v) is 28.7. The maximum absolute atomic E-state index is 13.7. The highest BCUT2D eigenvalue weighted by molar-refractivity contribution is 5.95. The van der Waals surface area contributed by atoms with E-state index in [0.717, 1.165) is 22.0 Å². The van der Waals surface area contributed by atoms with Gasteiger partial charge in [-0.1, -0.05) is 69.3 Å². The number of aliphatic imine (C=N–C) groups is 1. The van der Waals surface area contributed by atoms with Crippen molar-refractivity contribution in [2.45, 2.75) is 71.8 Å². The van der Waals surface area contributed by atoms with Gasteiger partial charge in [-0.05, 0) is 55.2 Å². The number of nitrogens with one attached hydrogen (secondary N) is 3. The van der Waals surface area contributed by atoms with Gasteiger partial charge in [0.2, 0.25) is 17.7 Å². The van der Waals surface area contributed by atoms with Crippen molar-refractivity contribution in [2.24, 2.45) is 45.9 Å². The number of rotatable bonds is 21. The fourth-order valence-corrected chi connectivity index (χ4v) is 5.95. The van der Waals surface area contributed by atoms with Gasteiger partial charge in [-0.25, -0.2) is 0 Å². The van der Waals surface area contributed by atoms with Gasteiger partial charge in [0.15, 0.2) is 17.5 Å². The molecule has 0 saturated heterocycles. The van der Waals surface area contributed by atoms with Crippen LogP contribution in [0.1, 0.15) is 64.0 Å². The number of primary amides is 1. The summed E-state index contributed by atoms with van der Waals surface area (Å²) in [7, 11) is 0. The molecule has 0 bridgehead atoms. The molecular weight excluding hydrogens is 622 g/mol. The molecule has 0 spiro atoms. The van der Waals surface area contributed by atoms with Crippen molar-refractivity contribution >= 4 is 46.2 Å². The van der Waals surface area contributed by atoms with E-state index in [9.17, 15) is 24.0 Å². The Labute approximate surface area is 288 Å². The number of nitrogens with zero attached hydrogens (tertiary/aromatic N) is 1. The van der Waals surface area contributed by atoms with Crippen LogP contribution in [0.25, 0.3) is 10.9 Å². The van der Waals surface area contributed by atoms with E-state index in [1.807, 2.05) is 68.4 Å². The minimum Gasteiger partial charge on any atom is -0.370 e. The number of benzene rings is 2. The van der Waals surface area contributed by atoms with Crippen LogP contribution in [0.2, 0.25) is 0 Å². The van der Waals surface area contributed by atoms with Crippen LogP contribution in [0.15, 0.2) is 65.8 Å². The van der Waals surface area contributed by atoms with E-state index >= 15 is 0 Å². The van der Waals surface area contributed by atoms with E-state index in [2.05, 4.69) is 20.6 Å². The van der Waals surface area contributed by atoms with Gasteiger partial charge in [0, 0.05) is 54.2 Å². The van der Waals surface area contributed by atoms with E-state index < -0.39 is 29.7 Å². The van der Waals surface area contributed by atoms with Crippen LogP contribution < -0.4 is 27.8 Å². The Morgan fingerprint density at radius 3 is 2.20 bits per heavy atom. The second-order valence-electron chi connectivity index (χ2n) is 13.2. The first-order valence-corrected chi connectivity index (χ1v) is 16.9. The summed E-state index contributed by atoms with van der Waals surface area (Å²) >= 11 is 0. The van der Waals surface area contributed by atoms with Crippen LogP contribution in [0.4, 0.5) is 0 Å². The van der Waals surface area contributed by atoms with E-state index in [1.54, 1.807) is 13.1 Å². The molecule has 0 saturated carbocycles. The highest BCUT2D eigenvalue weighted by Gasteiger charge is 2.30.